The summed E-state index contributed by atoms with van der Waals surface area (Å²) in [6.45, 7) is 3.89. The molecule has 23 heavy (non-hydrogen) atoms. The van der Waals surface area contributed by atoms with Gasteiger partial charge in [0.15, 0.2) is 0 Å². The van der Waals surface area contributed by atoms with Gasteiger partial charge in [-0.05, 0) is 44.1 Å². The zero-order valence-electron chi connectivity index (χ0n) is 13.4. The lowest BCUT2D eigenvalue weighted by atomic mass is 10.2. The maximum Gasteiger partial charge on any atom is 0.254 e. The van der Waals surface area contributed by atoms with E-state index in [1.54, 1.807) is 17.0 Å². The summed E-state index contributed by atoms with van der Waals surface area (Å²) in [4.78, 5) is 16.7. The molecule has 3 N–H and O–H groups in total. The highest BCUT2D eigenvalue weighted by molar-refractivity contribution is 5.94. The number of amides is 1. The molecule has 0 spiro atoms. The quantitative estimate of drug-likeness (QED) is 0.816. The fourth-order valence-corrected chi connectivity index (χ4v) is 3.45. The second-order valence-corrected chi connectivity index (χ2v) is 6.25. The van der Waals surface area contributed by atoms with Crippen molar-refractivity contribution in [2.45, 2.75) is 25.0 Å². The number of aliphatic hydroxyl groups excluding tert-OH is 1. The van der Waals surface area contributed by atoms with Crippen LogP contribution in [0.15, 0.2) is 24.3 Å². The Kier molecular flexibility index (Phi) is 5.15. The van der Waals surface area contributed by atoms with E-state index < -0.39 is 6.10 Å². The molecule has 6 heteroatoms. The number of aliphatic hydroxyl groups is 1. The van der Waals surface area contributed by atoms with E-state index in [-0.39, 0.29) is 11.9 Å². The lowest BCUT2D eigenvalue weighted by Crippen LogP contribution is -2.41. The van der Waals surface area contributed by atoms with Gasteiger partial charge in [0, 0.05) is 25.2 Å². The van der Waals surface area contributed by atoms with Crippen LogP contribution in [0, 0.1) is 0 Å². The molecule has 2 unspecified atom stereocenters. The van der Waals surface area contributed by atoms with Crippen LogP contribution in [0.2, 0.25) is 0 Å². The van der Waals surface area contributed by atoms with Crippen molar-refractivity contribution < 1.29 is 14.6 Å². The first-order valence-electron chi connectivity index (χ1n) is 8.33. The Morgan fingerprint density at radius 3 is 2.83 bits per heavy atom. The summed E-state index contributed by atoms with van der Waals surface area (Å²) in [6.07, 6.45) is 1.89. The van der Waals surface area contributed by atoms with E-state index in [0.29, 0.717) is 37.6 Å². The molecule has 0 saturated carbocycles. The van der Waals surface area contributed by atoms with E-state index in [1.807, 2.05) is 12.1 Å². The van der Waals surface area contributed by atoms with Gasteiger partial charge in [-0.2, -0.15) is 0 Å². The van der Waals surface area contributed by atoms with Gasteiger partial charge in [0.25, 0.3) is 5.91 Å². The third kappa shape index (κ3) is 3.65. The highest BCUT2D eigenvalue weighted by Gasteiger charge is 2.38. The monoisotopic (exact) mass is 319 g/mol. The minimum absolute atomic E-state index is 0.0519. The zero-order valence-corrected chi connectivity index (χ0v) is 13.4. The predicted molar refractivity (Wildman–Crippen MR) is 87.5 cm³/mol. The van der Waals surface area contributed by atoms with Gasteiger partial charge < -0.3 is 20.5 Å². The standard InChI is InChI=1S/C17H25N3O3/c18-6-9-23-14-5-3-4-13(10-14)17(22)20-11-15(16(21)12-20)19-7-1-2-8-19/h3-5,10,15-16,21H,1-2,6-9,11-12,18H2. The fourth-order valence-electron chi connectivity index (χ4n) is 3.45. The Bertz CT molecular complexity index is 546. The molecule has 0 aromatic heterocycles. The summed E-state index contributed by atoms with van der Waals surface area (Å²) in [6, 6.07) is 7.22. The van der Waals surface area contributed by atoms with Gasteiger partial charge in [-0.1, -0.05) is 6.07 Å². The average molecular weight is 319 g/mol. The van der Waals surface area contributed by atoms with E-state index in [9.17, 15) is 9.90 Å². The minimum Gasteiger partial charge on any atom is -0.492 e. The van der Waals surface area contributed by atoms with E-state index in [0.717, 1.165) is 13.1 Å². The number of benzene rings is 1. The first-order chi connectivity index (χ1) is 11.2. The zero-order chi connectivity index (χ0) is 16.2. The largest absolute Gasteiger partial charge is 0.492 e. The Balaban J connectivity index is 1.66. The second-order valence-electron chi connectivity index (χ2n) is 6.25. The van der Waals surface area contributed by atoms with Crippen molar-refractivity contribution in [1.29, 1.82) is 0 Å². The van der Waals surface area contributed by atoms with Gasteiger partial charge in [-0.25, -0.2) is 0 Å². The molecule has 0 aliphatic carbocycles. The Morgan fingerprint density at radius 1 is 1.30 bits per heavy atom. The van der Waals surface area contributed by atoms with Gasteiger partial charge in [0.05, 0.1) is 12.1 Å². The molecule has 0 bridgehead atoms. The molecule has 1 amide bonds. The van der Waals surface area contributed by atoms with Crippen LogP contribution in [-0.2, 0) is 0 Å². The number of rotatable bonds is 5. The molecular weight excluding hydrogens is 294 g/mol. The highest BCUT2D eigenvalue weighted by Crippen LogP contribution is 2.23. The van der Waals surface area contributed by atoms with Crippen molar-refractivity contribution in [2.75, 3.05) is 39.3 Å². The molecule has 2 fully saturated rings. The summed E-state index contributed by atoms with van der Waals surface area (Å²) in [5.41, 5.74) is 6.02. The van der Waals surface area contributed by atoms with E-state index in [4.69, 9.17) is 10.5 Å². The number of carbonyl (C=O) groups is 1. The van der Waals surface area contributed by atoms with Gasteiger partial charge in [-0.15, -0.1) is 0 Å². The number of hydrogen-bond acceptors (Lipinski definition) is 5. The first-order valence-corrected chi connectivity index (χ1v) is 8.33. The molecule has 6 nitrogen and oxygen atoms in total. The maximum atomic E-state index is 12.7. The molecule has 3 rings (SSSR count). The molecule has 2 aliphatic heterocycles. The Morgan fingerprint density at radius 2 is 2.09 bits per heavy atom. The molecule has 2 aliphatic rings. The second kappa shape index (κ2) is 7.29. The summed E-state index contributed by atoms with van der Waals surface area (Å²) in [5, 5.41) is 10.3. The van der Waals surface area contributed by atoms with Crippen molar-refractivity contribution in [3.05, 3.63) is 29.8 Å². The predicted octanol–water partition coefficient (Wildman–Crippen LogP) is 0.305. The number of likely N-dealkylation sites (tertiary alicyclic amines) is 2. The van der Waals surface area contributed by atoms with Crippen LogP contribution in [0.1, 0.15) is 23.2 Å². The van der Waals surface area contributed by atoms with Crippen molar-refractivity contribution >= 4 is 5.91 Å². The summed E-state index contributed by atoms with van der Waals surface area (Å²) in [5.74, 6) is 0.598. The van der Waals surface area contributed by atoms with Crippen LogP contribution < -0.4 is 10.5 Å². The number of nitrogens with zero attached hydrogens (tertiary/aromatic N) is 2. The summed E-state index contributed by atoms with van der Waals surface area (Å²) in [7, 11) is 0. The highest BCUT2D eigenvalue weighted by atomic mass is 16.5. The third-order valence-corrected chi connectivity index (χ3v) is 4.62. The minimum atomic E-state index is -0.464. The molecule has 0 radical (unpaired) electrons. The van der Waals surface area contributed by atoms with Gasteiger partial charge in [0.2, 0.25) is 0 Å². The summed E-state index contributed by atoms with van der Waals surface area (Å²) < 4.78 is 5.48. The van der Waals surface area contributed by atoms with Gasteiger partial charge >= 0.3 is 0 Å². The molecule has 126 valence electrons. The topological polar surface area (TPSA) is 79.0 Å². The van der Waals surface area contributed by atoms with Crippen molar-refractivity contribution in [1.82, 2.24) is 9.80 Å². The Labute approximate surface area is 136 Å². The van der Waals surface area contributed by atoms with E-state index >= 15 is 0 Å². The lowest BCUT2D eigenvalue weighted by molar-refractivity contribution is 0.0763. The SMILES string of the molecule is NCCOc1cccc(C(=O)N2CC(O)C(N3CCCC3)C2)c1. The van der Waals surface area contributed by atoms with Crippen LogP contribution in [0.3, 0.4) is 0 Å². The number of nitrogens with two attached hydrogens (primary N) is 1. The normalized spacial score (nSPS) is 25.0. The molecule has 2 atom stereocenters. The maximum absolute atomic E-state index is 12.7. The number of hydrogen-bond donors (Lipinski definition) is 2. The third-order valence-electron chi connectivity index (χ3n) is 4.62. The lowest BCUT2D eigenvalue weighted by Gasteiger charge is -2.25. The van der Waals surface area contributed by atoms with Crippen molar-refractivity contribution in [3.63, 3.8) is 0 Å². The van der Waals surface area contributed by atoms with Crippen molar-refractivity contribution in [2.24, 2.45) is 5.73 Å². The van der Waals surface area contributed by atoms with E-state index in [2.05, 4.69) is 4.90 Å². The molecule has 1 aromatic rings. The van der Waals surface area contributed by atoms with Crippen LogP contribution >= 0.6 is 0 Å². The number of carbonyl (C=O) groups excluding carboxylic acids is 1. The Hall–Kier alpha value is -1.63. The van der Waals surface area contributed by atoms with Crippen LogP contribution in [0.25, 0.3) is 0 Å². The first kappa shape index (κ1) is 16.2. The molecule has 1 aromatic carbocycles. The molecule has 2 heterocycles. The average Bonchev–Trinajstić information content (AvgIpc) is 3.21. The summed E-state index contributed by atoms with van der Waals surface area (Å²) >= 11 is 0. The van der Waals surface area contributed by atoms with Crippen LogP contribution in [-0.4, -0.2) is 72.3 Å². The van der Waals surface area contributed by atoms with Crippen LogP contribution in [0.4, 0.5) is 0 Å². The fraction of sp³-hybridized carbons (Fsp3) is 0.588. The smallest absolute Gasteiger partial charge is 0.254 e. The number of ether oxygens (including phenoxy) is 1. The molecular formula is C17H25N3O3. The molecule has 2 saturated heterocycles. The van der Waals surface area contributed by atoms with Gasteiger partial charge in [0.1, 0.15) is 12.4 Å². The van der Waals surface area contributed by atoms with E-state index in [1.165, 1.54) is 12.8 Å². The van der Waals surface area contributed by atoms with Crippen LogP contribution in [0.5, 0.6) is 5.75 Å². The number of β-amino-alcohol motifs (C(OH)–C–C–N with tert-alkyl or cyclic N) is 1. The van der Waals surface area contributed by atoms with Crippen molar-refractivity contribution in [3.8, 4) is 5.75 Å². The van der Waals surface area contributed by atoms with Gasteiger partial charge in [-0.3, -0.25) is 9.69 Å².